The third-order valence-electron chi connectivity index (χ3n) is 4.70. The van der Waals surface area contributed by atoms with E-state index in [2.05, 4.69) is 4.99 Å². The lowest BCUT2D eigenvalue weighted by atomic mass is 10.0. The summed E-state index contributed by atoms with van der Waals surface area (Å²) < 4.78 is 7.49. The Morgan fingerprint density at radius 1 is 1.24 bits per heavy atom. The summed E-state index contributed by atoms with van der Waals surface area (Å²) in [5, 5.41) is 1.94. The van der Waals surface area contributed by atoms with Crippen molar-refractivity contribution in [3.63, 3.8) is 0 Å². The number of thiazole rings is 1. The maximum atomic E-state index is 13.3. The van der Waals surface area contributed by atoms with E-state index < -0.39 is 12.0 Å². The van der Waals surface area contributed by atoms with Crippen LogP contribution in [0.15, 0.2) is 62.8 Å². The third-order valence-corrected chi connectivity index (χ3v) is 6.61. The monoisotopic (exact) mass is 424 g/mol. The number of fused-ring (bicyclic) bond motifs is 1. The van der Waals surface area contributed by atoms with Gasteiger partial charge in [-0.2, -0.15) is 0 Å². The first-order valence-electron chi connectivity index (χ1n) is 9.29. The second-order valence-electron chi connectivity index (χ2n) is 6.73. The number of carbonyl (C=O) groups is 1. The Morgan fingerprint density at radius 2 is 2.00 bits per heavy atom. The summed E-state index contributed by atoms with van der Waals surface area (Å²) in [5.74, 6) is -0.431. The number of hydrogen-bond donors (Lipinski definition) is 0. The molecule has 5 nitrogen and oxygen atoms in total. The summed E-state index contributed by atoms with van der Waals surface area (Å²) >= 11 is 2.85. The van der Waals surface area contributed by atoms with Crippen LogP contribution in [0.2, 0.25) is 0 Å². The van der Waals surface area contributed by atoms with Crippen LogP contribution in [0.3, 0.4) is 0 Å². The van der Waals surface area contributed by atoms with Gasteiger partial charge in [0.15, 0.2) is 4.80 Å². The van der Waals surface area contributed by atoms with Gasteiger partial charge in [-0.15, -0.1) is 11.3 Å². The molecule has 1 atom stereocenters. The van der Waals surface area contributed by atoms with Crippen LogP contribution in [0.1, 0.15) is 35.9 Å². The summed E-state index contributed by atoms with van der Waals surface area (Å²) in [7, 11) is 0. The highest BCUT2D eigenvalue weighted by atomic mass is 32.1. The van der Waals surface area contributed by atoms with Crippen molar-refractivity contribution in [2.45, 2.75) is 26.8 Å². The molecule has 0 fully saturated rings. The second-order valence-corrected chi connectivity index (χ2v) is 8.72. The van der Waals surface area contributed by atoms with Crippen molar-refractivity contribution in [2.75, 3.05) is 6.61 Å². The number of rotatable bonds is 4. The van der Waals surface area contributed by atoms with Gasteiger partial charge >= 0.3 is 5.97 Å². The molecule has 0 bridgehead atoms. The van der Waals surface area contributed by atoms with E-state index in [9.17, 15) is 9.59 Å². The zero-order valence-corrected chi connectivity index (χ0v) is 18.0. The van der Waals surface area contributed by atoms with E-state index in [1.54, 1.807) is 18.4 Å². The summed E-state index contributed by atoms with van der Waals surface area (Å²) in [6.45, 7) is 5.86. The number of esters is 1. The van der Waals surface area contributed by atoms with Gasteiger partial charge in [0.2, 0.25) is 0 Å². The van der Waals surface area contributed by atoms with Crippen molar-refractivity contribution >= 4 is 34.7 Å². The summed E-state index contributed by atoms with van der Waals surface area (Å²) in [4.78, 5) is 32.1. The lowest BCUT2D eigenvalue weighted by molar-refractivity contribution is -0.139. The van der Waals surface area contributed by atoms with Crippen LogP contribution in [0, 0.1) is 6.92 Å². The fourth-order valence-electron chi connectivity index (χ4n) is 3.32. The molecule has 3 aromatic rings. The van der Waals surface area contributed by atoms with Gasteiger partial charge in [-0.25, -0.2) is 9.79 Å². The predicted molar refractivity (Wildman–Crippen MR) is 116 cm³/mol. The van der Waals surface area contributed by atoms with E-state index in [4.69, 9.17) is 4.74 Å². The van der Waals surface area contributed by atoms with E-state index >= 15 is 0 Å². The van der Waals surface area contributed by atoms with Crippen LogP contribution in [0.25, 0.3) is 6.08 Å². The minimum absolute atomic E-state index is 0.151. The quantitative estimate of drug-likeness (QED) is 0.605. The maximum absolute atomic E-state index is 13.3. The van der Waals surface area contributed by atoms with Crippen LogP contribution < -0.4 is 14.9 Å². The maximum Gasteiger partial charge on any atom is 0.338 e. The molecule has 1 aliphatic heterocycles. The Kier molecular flexibility index (Phi) is 5.34. The third kappa shape index (κ3) is 3.63. The molecule has 148 valence electrons. The van der Waals surface area contributed by atoms with Crippen LogP contribution in [0.5, 0.6) is 0 Å². The standard InChI is InChI=1S/C22H20N2O3S2/c1-4-27-21(26)18-14(3)23-22-24(19(18)16-6-5-11-28-16)20(25)17(29-22)12-15-9-7-13(2)8-10-15/h5-12,19H,4H2,1-3H3/b17-12+. The Bertz CT molecular complexity index is 1260. The van der Waals surface area contributed by atoms with Crippen LogP contribution in [-0.2, 0) is 9.53 Å². The molecule has 0 radical (unpaired) electrons. The number of aromatic nitrogens is 1. The zero-order chi connectivity index (χ0) is 20.5. The number of ether oxygens (including phenoxy) is 1. The predicted octanol–water partition coefficient (Wildman–Crippen LogP) is 3.17. The first kappa shape index (κ1) is 19.5. The Hall–Kier alpha value is -2.77. The molecule has 1 unspecified atom stereocenters. The average molecular weight is 425 g/mol. The molecular weight excluding hydrogens is 404 g/mol. The molecule has 0 amide bonds. The molecule has 0 N–H and O–H groups in total. The SMILES string of the molecule is CCOC(=O)C1=C(C)N=c2s/c(=C/c3ccc(C)cc3)c(=O)n2C1c1cccs1. The smallest absolute Gasteiger partial charge is 0.338 e. The number of benzene rings is 1. The fraction of sp³-hybridized carbons (Fsp3) is 0.227. The van der Waals surface area contributed by atoms with E-state index in [0.29, 0.717) is 20.6 Å². The molecule has 4 rings (SSSR count). The highest BCUT2D eigenvalue weighted by Crippen LogP contribution is 2.33. The fourth-order valence-corrected chi connectivity index (χ4v) is 5.19. The number of aryl methyl sites for hydroxylation is 1. The normalized spacial score (nSPS) is 16.5. The van der Waals surface area contributed by atoms with Crippen molar-refractivity contribution in [1.29, 1.82) is 0 Å². The van der Waals surface area contributed by atoms with Gasteiger partial charge in [-0.05, 0) is 43.9 Å². The van der Waals surface area contributed by atoms with Gasteiger partial charge in [0.1, 0.15) is 6.04 Å². The molecule has 0 saturated heterocycles. The van der Waals surface area contributed by atoms with E-state index in [1.807, 2.05) is 54.8 Å². The first-order valence-corrected chi connectivity index (χ1v) is 11.0. The van der Waals surface area contributed by atoms with Crippen LogP contribution in [0.4, 0.5) is 0 Å². The van der Waals surface area contributed by atoms with Gasteiger partial charge in [0.05, 0.1) is 22.4 Å². The Labute approximate surface area is 175 Å². The van der Waals surface area contributed by atoms with Crippen molar-refractivity contribution < 1.29 is 9.53 Å². The van der Waals surface area contributed by atoms with E-state index in [1.165, 1.54) is 22.7 Å². The van der Waals surface area contributed by atoms with Gasteiger partial charge in [0, 0.05) is 4.88 Å². The number of nitrogens with zero attached hydrogens (tertiary/aromatic N) is 2. The lowest BCUT2D eigenvalue weighted by Crippen LogP contribution is -2.39. The van der Waals surface area contributed by atoms with Gasteiger partial charge in [-0.1, -0.05) is 47.2 Å². The molecule has 0 saturated carbocycles. The highest BCUT2D eigenvalue weighted by Gasteiger charge is 2.33. The number of hydrogen-bond acceptors (Lipinski definition) is 6. The van der Waals surface area contributed by atoms with Crippen molar-refractivity contribution in [1.82, 2.24) is 4.57 Å². The number of carbonyl (C=O) groups excluding carboxylic acids is 1. The summed E-state index contributed by atoms with van der Waals surface area (Å²) in [6.07, 6.45) is 1.87. The highest BCUT2D eigenvalue weighted by molar-refractivity contribution is 7.10. The molecule has 29 heavy (non-hydrogen) atoms. The number of thiophene rings is 1. The summed E-state index contributed by atoms with van der Waals surface area (Å²) in [5.41, 5.74) is 2.97. The molecule has 7 heteroatoms. The molecule has 3 heterocycles. The van der Waals surface area contributed by atoms with Crippen molar-refractivity contribution in [3.05, 3.63) is 88.7 Å². The second kappa shape index (κ2) is 7.93. The summed E-state index contributed by atoms with van der Waals surface area (Å²) in [6, 6.07) is 11.3. The van der Waals surface area contributed by atoms with Crippen LogP contribution >= 0.6 is 22.7 Å². The topological polar surface area (TPSA) is 60.7 Å². The minimum atomic E-state index is -0.523. The van der Waals surface area contributed by atoms with E-state index in [0.717, 1.165) is 16.0 Å². The van der Waals surface area contributed by atoms with Gasteiger partial charge in [-0.3, -0.25) is 9.36 Å². The Morgan fingerprint density at radius 3 is 2.66 bits per heavy atom. The molecule has 1 aromatic carbocycles. The zero-order valence-electron chi connectivity index (χ0n) is 16.3. The molecule has 0 spiro atoms. The molecule has 0 aliphatic carbocycles. The Balaban J connectivity index is 1.93. The molecule has 1 aliphatic rings. The number of allylic oxidation sites excluding steroid dienone is 1. The largest absolute Gasteiger partial charge is 0.463 e. The first-order chi connectivity index (χ1) is 14.0. The molecular formula is C22H20N2O3S2. The average Bonchev–Trinajstić information content (AvgIpc) is 3.32. The van der Waals surface area contributed by atoms with Gasteiger partial charge in [0.25, 0.3) is 5.56 Å². The van der Waals surface area contributed by atoms with Gasteiger partial charge < -0.3 is 4.74 Å². The van der Waals surface area contributed by atoms with Crippen LogP contribution in [-0.4, -0.2) is 17.1 Å². The van der Waals surface area contributed by atoms with E-state index in [-0.39, 0.29) is 12.2 Å². The van der Waals surface area contributed by atoms with Crippen molar-refractivity contribution in [2.24, 2.45) is 4.99 Å². The molecule has 2 aromatic heterocycles. The van der Waals surface area contributed by atoms with Crippen molar-refractivity contribution in [3.8, 4) is 0 Å². The lowest BCUT2D eigenvalue weighted by Gasteiger charge is -2.23. The minimum Gasteiger partial charge on any atom is -0.463 e.